The summed E-state index contributed by atoms with van der Waals surface area (Å²) < 4.78 is 7.11. The Balaban J connectivity index is 1.60. The van der Waals surface area contributed by atoms with E-state index in [2.05, 4.69) is 5.32 Å². The van der Waals surface area contributed by atoms with Gasteiger partial charge in [0.15, 0.2) is 0 Å². The van der Waals surface area contributed by atoms with Gasteiger partial charge in [0.25, 0.3) is 5.91 Å². The van der Waals surface area contributed by atoms with Crippen LogP contribution in [-0.2, 0) is 0 Å². The van der Waals surface area contributed by atoms with Crippen molar-refractivity contribution in [3.05, 3.63) is 84.2 Å². The third-order valence-corrected chi connectivity index (χ3v) is 3.97. The highest BCUT2D eigenvalue weighted by atomic mass is 16.5. The van der Waals surface area contributed by atoms with Crippen LogP contribution in [0.5, 0.6) is 5.75 Å². The summed E-state index contributed by atoms with van der Waals surface area (Å²) in [5.74, 6) is 0.449. The van der Waals surface area contributed by atoms with Crippen molar-refractivity contribution in [2.24, 2.45) is 0 Å². The van der Waals surface area contributed by atoms with Gasteiger partial charge in [0.2, 0.25) is 0 Å². The van der Waals surface area contributed by atoms with Gasteiger partial charge in [0.05, 0.1) is 13.2 Å². The highest BCUT2D eigenvalue weighted by Gasteiger charge is 2.11. The number of aromatic nitrogens is 1. The number of rotatable bonds is 6. The summed E-state index contributed by atoms with van der Waals surface area (Å²) in [5.41, 5.74) is 2.23. The number of aliphatic hydroxyl groups excluding tert-OH is 1. The lowest BCUT2D eigenvalue weighted by Gasteiger charge is -2.13. The van der Waals surface area contributed by atoms with E-state index < -0.39 is 6.10 Å². The van der Waals surface area contributed by atoms with E-state index in [1.54, 1.807) is 43.5 Å². The van der Waals surface area contributed by atoms with Crippen molar-refractivity contribution >= 4 is 5.91 Å². The summed E-state index contributed by atoms with van der Waals surface area (Å²) in [4.78, 5) is 12.2. The van der Waals surface area contributed by atoms with Gasteiger partial charge in [-0.25, -0.2) is 0 Å². The molecule has 1 heterocycles. The second-order valence-electron chi connectivity index (χ2n) is 5.64. The number of carbonyl (C=O) groups excluding carboxylic acids is 1. The van der Waals surface area contributed by atoms with Crippen molar-refractivity contribution in [2.75, 3.05) is 13.7 Å². The molecular weight excluding hydrogens is 316 g/mol. The van der Waals surface area contributed by atoms with Crippen LogP contribution in [0.3, 0.4) is 0 Å². The van der Waals surface area contributed by atoms with Gasteiger partial charge in [-0.15, -0.1) is 0 Å². The first-order chi connectivity index (χ1) is 12.2. The molecule has 0 aliphatic carbocycles. The number of hydrogen-bond acceptors (Lipinski definition) is 3. The minimum atomic E-state index is -0.793. The van der Waals surface area contributed by atoms with Crippen LogP contribution in [-0.4, -0.2) is 29.2 Å². The van der Waals surface area contributed by atoms with E-state index in [1.807, 2.05) is 41.2 Å². The molecule has 5 heteroatoms. The molecule has 0 spiro atoms. The largest absolute Gasteiger partial charge is 0.497 e. The molecule has 0 bridgehead atoms. The third kappa shape index (κ3) is 4.08. The topological polar surface area (TPSA) is 63.5 Å². The maximum Gasteiger partial charge on any atom is 0.251 e. The number of aliphatic hydroxyl groups is 1. The lowest BCUT2D eigenvalue weighted by Crippen LogP contribution is -2.28. The fourth-order valence-corrected chi connectivity index (χ4v) is 2.55. The fourth-order valence-electron chi connectivity index (χ4n) is 2.55. The lowest BCUT2D eigenvalue weighted by molar-refractivity contribution is 0.0916. The van der Waals surface area contributed by atoms with Gasteiger partial charge in [-0.05, 0) is 54.1 Å². The maximum atomic E-state index is 12.2. The minimum absolute atomic E-state index is 0.130. The van der Waals surface area contributed by atoms with Crippen molar-refractivity contribution in [1.82, 2.24) is 9.88 Å². The molecule has 0 radical (unpaired) electrons. The molecule has 0 saturated heterocycles. The molecule has 0 aliphatic heterocycles. The van der Waals surface area contributed by atoms with Crippen LogP contribution in [0.2, 0.25) is 0 Å². The first-order valence-electron chi connectivity index (χ1n) is 8.01. The van der Waals surface area contributed by atoms with Crippen LogP contribution in [0.15, 0.2) is 73.1 Å². The number of ether oxygens (including phenoxy) is 1. The van der Waals surface area contributed by atoms with E-state index in [4.69, 9.17) is 4.74 Å². The zero-order valence-electron chi connectivity index (χ0n) is 13.9. The summed E-state index contributed by atoms with van der Waals surface area (Å²) in [7, 11) is 1.57. The molecule has 0 aliphatic rings. The van der Waals surface area contributed by atoms with Crippen LogP contribution in [0.4, 0.5) is 0 Å². The van der Waals surface area contributed by atoms with E-state index in [9.17, 15) is 9.90 Å². The maximum absolute atomic E-state index is 12.2. The van der Waals surface area contributed by atoms with Gasteiger partial charge in [-0.1, -0.05) is 12.1 Å². The average Bonchev–Trinajstić information content (AvgIpc) is 3.20. The number of nitrogens with one attached hydrogen (secondary N) is 1. The molecule has 1 aromatic heterocycles. The first kappa shape index (κ1) is 16.8. The average molecular weight is 336 g/mol. The molecule has 3 aromatic rings. The number of hydrogen-bond donors (Lipinski definition) is 2. The molecular formula is C20H20N2O3. The van der Waals surface area contributed by atoms with Crippen molar-refractivity contribution in [3.63, 3.8) is 0 Å². The SMILES string of the molecule is COc1cccc(C(O)CNC(=O)c2ccc(-n3cccc3)cc2)c1. The molecule has 5 nitrogen and oxygen atoms in total. The Hall–Kier alpha value is -3.05. The van der Waals surface area contributed by atoms with E-state index >= 15 is 0 Å². The van der Waals surface area contributed by atoms with Crippen LogP contribution in [0.1, 0.15) is 22.0 Å². The van der Waals surface area contributed by atoms with Gasteiger partial charge in [0, 0.05) is 30.2 Å². The molecule has 25 heavy (non-hydrogen) atoms. The van der Waals surface area contributed by atoms with Crippen LogP contribution in [0, 0.1) is 0 Å². The Morgan fingerprint density at radius 3 is 2.52 bits per heavy atom. The van der Waals surface area contributed by atoms with Crippen LogP contribution in [0.25, 0.3) is 5.69 Å². The second-order valence-corrected chi connectivity index (χ2v) is 5.64. The molecule has 0 saturated carbocycles. The zero-order valence-corrected chi connectivity index (χ0v) is 13.9. The normalized spacial score (nSPS) is 11.8. The number of benzene rings is 2. The van der Waals surface area contributed by atoms with Gasteiger partial charge in [-0.3, -0.25) is 4.79 Å². The zero-order chi connectivity index (χ0) is 17.6. The first-order valence-corrected chi connectivity index (χ1v) is 8.01. The molecule has 3 rings (SSSR count). The summed E-state index contributed by atoms with van der Waals surface area (Å²) in [5, 5.41) is 13.0. The Bertz CT molecular complexity index is 826. The summed E-state index contributed by atoms with van der Waals surface area (Å²) in [6, 6.07) is 18.3. The van der Waals surface area contributed by atoms with Crippen molar-refractivity contribution in [2.45, 2.75) is 6.10 Å². The molecule has 0 fully saturated rings. The summed E-state index contributed by atoms with van der Waals surface area (Å²) in [6.45, 7) is 0.130. The Morgan fingerprint density at radius 2 is 1.84 bits per heavy atom. The second kappa shape index (κ2) is 7.68. The molecule has 1 amide bonds. The van der Waals surface area contributed by atoms with E-state index in [-0.39, 0.29) is 12.5 Å². The number of carbonyl (C=O) groups is 1. The predicted octanol–water partition coefficient (Wildman–Crippen LogP) is 2.95. The Kier molecular flexibility index (Phi) is 5.16. The Labute approximate surface area is 146 Å². The van der Waals surface area contributed by atoms with Gasteiger partial charge in [0.1, 0.15) is 5.75 Å². The number of nitrogens with zero attached hydrogens (tertiary/aromatic N) is 1. The third-order valence-electron chi connectivity index (χ3n) is 3.97. The number of methoxy groups -OCH3 is 1. The Morgan fingerprint density at radius 1 is 1.12 bits per heavy atom. The predicted molar refractivity (Wildman–Crippen MR) is 96.1 cm³/mol. The highest BCUT2D eigenvalue weighted by Crippen LogP contribution is 2.18. The van der Waals surface area contributed by atoms with Crippen molar-refractivity contribution in [3.8, 4) is 11.4 Å². The van der Waals surface area contributed by atoms with Crippen LogP contribution < -0.4 is 10.1 Å². The van der Waals surface area contributed by atoms with Gasteiger partial charge >= 0.3 is 0 Å². The van der Waals surface area contributed by atoms with E-state index in [1.165, 1.54) is 0 Å². The summed E-state index contributed by atoms with van der Waals surface area (Å²) >= 11 is 0. The fraction of sp³-hybridized carbons (Fsp3) is 0.150. The van der Waals surface area contributed by atoms with E-state index in [0.717, 1.165) is 5.69 Å². The molecule has 2 N–H and O–H groups in total. The molecule has 128 valence electrons. The van der Waals surface area contributed by atoms with Crippen molar-refractivity contribution < 1.29 is 14.6 Å². The van der Waals surface area contributed by atoms with Crippen molar-refractivity contribution in [1.29, 1.82) is 0 Å². The summed E-state index contributed by atoms with van der Waals surface area (Å²) in [6.07, 6.45) is 3.09. The quantitative estimate of drug-likeness (QED) is 0.727. The van der Waals surface area contributed by atoms with Gasteiger partial charge in [-0.2, -0.15) is 0 Å². The highest BCUT2D eigenvalue weighted by molar-refractivity contribution is 5.94. The molecule has 1 unspecified atom stereocenters. The number of amides is 1. The molecule has 2 aromatic carbocycles. The lowest BCUT2D eigenvalue weighted by atomic mass is 10.1. The monoisotopic (exact) mass is 336 g/mol. The van der Waals surface area contributed by atoms with Crippen LogP contribution >= 0.6 is 0 Å². The molecule has 1 atom stereocenters. The van der Waals surface area contributed by atoms with E-state index in [0.29, 0.717) is 16.9 Å². The smallest absolute Gasteiger partial charge is 0.251 e. The standard InChI is InChI=1S/C20H20N2O3/c1-25-18-6-4-5-16(13-18)19(23)14-21-20(24)15-7-9-17(10-8-15)22-11-2-3-12-22/h2-13,19,23H,14H2,1H3,(H,21,24). The van der Waals surface area contributed by atoms with Gasteiger partial charge < -0.3 is 19.7 Å². The minimum Gasteiger partial charge on any atom is -0.497 e.